The van der Waals surface area contributed by atoms with Crippen LogP contribution in [0.2, 0.25) is 5.02 Å². The number of nitrogens with zero attached hydrogens (tertiary/aromatic N) is 1. The van der Waals surface area contributed by atoms with Crippen LogP contribution in [0.4, 0.5) is 5.69 Å². The van der Waals surface area contributed by atoms with E-state index in [2.05, 4.69) is 10.9 Å². The normalized spacial score (nSPS) is 16.1. The minimum absolute atomic E-state index is 0.0684. The lowest BCUT2D eigenvalue weighted by atomic mass is 10.1. The van der Waals surface area contributed by atoms with Gasteiger partial charge in [-0.3, -0.25) is 25.2 Å². The Morgan fingerprint density at radius 2 is 1.81 bits per heavy atom. The molecule has 27 heavy (non-hydrogen) atoms. The molecule has 1 atom stereocenters. The third-order valence-electron chi connectivity index (χ3n) is 4.28. The summed E-state index contributed by atoms with van der Waals surface area (Å²) in [7, 11) is 1.46. The van der Waals surface area contributed by atoms with Gasteiger partial charge in [-0.15, -0.1) is 0 Å². The van der Waals surface area contributed by atoms with Crippen LogP contribution in [0.1, 0.15) is 16.8 Å². The van der Waals surface area contributed by atoms with Gasteiger partial charge in [0.15, 0.2) is 0 Å². The Bertz CT molecular complexity index is 870. The Kier molecular flexibility index (Phi) is 5.61. The highest BCUT2D eigenvalue weighted by molar-refractivity contribution is 6.30. The molecule has 0 unspecified atom stereocenters. The molecule has 1 saturated heterocycles. The number of hydrogen-bond donors (Lipinski definition) is 2. The van der Waals surface area contributed by atoms with Gasteiger partial charge in [-0.05, 0) is 36.4 Å². The van der Waals surface area contributed by atoms with Gasteiger partial charge in [0.05, 0.1) is 18.6 Å². The Hall–Kier alpha value is -3.06. The lowest BCUT2D eigenvalue weighted by molar-refractivity contribution is -0.126. The first-order valence-electron chi connectivity index (χ1n) is 8.28. The number of methoxy groups -OCH3 is 1. The largest absolute Gasteiger partial charge is 0.496 e. The van der Waals surface area contributed by atoms with Crippen LogP contribution in [0, 0.1) is 5.92 Å². The van der Waals surface area contributed by atoms with Crippen molar-refractivity contribution < 1.29 is 19.1 Å². The molecule has 0 aliphatic carbocycles. The molecular formula is C19H18ClN3O4. The van der Waals surface area contributed by atoms with Crippen LogP contribution in [-0.4, -0.2) is 31.4 Å². The third kappa shape index (κ3) is 4.20. The number of amides is 3. The molecule has 1 heterocycles. The molecule has 8 heteroatoms. The lowest BCUT2D eigenvalue weighted by Crippen LogP contribution is -2.45. The average molecular weight is 388 g/mol. The fourth-order valence-electron chi connectivity index (χ4n) is 2.87. The van der Waals surface area contributed by atoms with Crippen LogP contribution < -0.4 is 20.5 Å². The van der Waals surface area contributed by atoms with E-state index in [9.17, 15) is 14.4 Å². The number of halogens is 1. The SMILES string of the molecule is COc1ccccc1C(=O)NNC(=O)[C@@H]1CC(=O)N(c2ccc(Cl)cc2)C1. The zero-order chi connectivity index (χ0) is 19.4. The second-order valence-corrected chi connectivity index (χ2v) is 6.46. The van der Waals surface area contributed by atoms with E-state index in [1.165, 1.54) is 12.0 Å². The molecule has 2 aromatic rings. The van der Waals surface area contributed by atoms with Gasteiger partial charge in [0, 0.05) is 23.7 Å². The van der Waals surface area contributed by atoms with E-state index in [4.69, 9.17) is 16.3 Å². The minimum Gasteiger partial charge on any atom is -0.496 e. The number of hydrazine groups is 1. The van der Waals surface area contributed by atoms with Gasteiger partial charge in [-0.25, -0.2) is 0 Å². The number of benzene rings is 2. The van der Waals surface area contributed by atoms with Crippen LogP contribution in [-0.2, 0) is 9.59 Å². The maximum atomic E-state index is 12.4. The topological polar surface area (TPSA) is 87.7 Å². The van der Waals surface area contributed by atoms with E-state index in [-0.39, 0.29) is 18.9 Å². The molecule has 0 spiro atoms. The van der Waals surface area contributed by atoms with Crippen molar-refractivity contribution in [3.05, 3.63) is 59.1 Å². The third-order valence-corrected chi connectivity index (χ3v) is 4.54. The monoisotopic (exact) mass is 387 g/mol. The molecule has 2 aromatic carbocycles. The van der Waals surface area contributed by atoms with E-state index in [1.54, 1.807) is 48.5 Å². The van der Waals surface area contributed by atoms with Crippen molar-refractivity contribution in [3.8, 4) is 5.75 Å². The van der Waals surface area contributed by atoms with E-state index < -0.39 is 17.7 Å². The summed E-state index contributed by atoms with van der Waals surface area (Å²) < 4.78 is 5.12. The number of ether oxygens (including phenoxy) is 1. The van der Waals surface area contributed by atoms with Crippen molar-refractivity contribution in [2.75, 3.05) is 18.6 Å². The lowest BCUT2D eigenvalue weighted by Gasteiger charge is -2.17. The van der Waals surface area contributed by atoms with Crippen LogP contribution in [0.5, 0.6) is 5.75 Å². The van der Waals surface area contributed by atoms with Crippen LogP contribution in [0.15, 0.2) is 48.5 Å². The van der Waals surface area contributed by atoms with Crippen molar-refractivity contribution in [1.29, 1.82) is 0 Å². The predicted molar refractivity (Wildman–Crippen MR) is 101 cm³/mol. The summed E-state index contributed by atoms with van der Waals surface area (Å²) >= 11 is 5.86. The number of carbonyl (C=O) groups is 3. The molecular weight excluding hydrogens is 370 g/mol. The zero-order valence-electron chi connectivity index (χ0n) is 14.6. The zero-order valence-corrected chi connectivity index (χ0v) is 15.3. The van der Waals surface area contributed by atoms with E-state index in [1.807, 2.05) is 0 Å². The number of anilines is 1. The Balaban J connectivity index is 1.59. The van der Waals surface area contributed by atoms with Crippen molar-refractivity contribution >= 4 is 35.0 Å². The van der Waals surface area contributed by atoms with E-state index >= 15 is 0 Å². The quantitative estimate of drug-likeness (QED) is 0.787. The second-order valence-electron chi connectivity index (χ2n) is 6.03. The molecule has 3 amide bonds. The molecule has 1 aliphatic rings. The van der Waals surface area contributed by atoms with Gasteiger partial charge in [-0.1, -0.05) is 23.7 Å². The highest BCUT2D eigenvalue weighted by atomic mass is 35.5. The molecule has 2 N–H and O–H groups in total. The van der Waals surface area contributed by atoms with Crippen molar-refractivity contribution in [2.24, 2.45) is 5.92 Å². The summed E-state index contributed by atoms with van der Waals surface area (Å²) in [5.41, 5.74) is 5.72. The summed E-state index contributed by atoms with van der Waals surface area (Å²) in [6.45, 7) is 0.233. The molecule has 1 fully saturated rings. The molecule has 0 radical (unpaired) electrons. The van der Waals surface area contributed by atoms with Gasteiger partial charge in [0.25, 0.3) is 5.91 Å². The number of hydrogen-bond acceptors (Lipinski definition) is 4. The molecule has 0 bridgehead atoms. The van der Waals surface area contributed by atoms with Gasteiger partial charge in [0.2, 0.25) is 11.8 Å². The summed E-state index contributed by atoms with van der Waals surface area (Å²) in [4.78, 5) is 38.3. The van der Waals surface area contributed by atoms with Gasteiger partial charge in [0.1, 0.15) is 5.75 Å². The molecule has 3 rings (SSSR count). The maximum absolute atomic E-state index is 12.4. The van der Waals surface area contributed by atoms with Crippen molar-refractivity contribution in [1.82, 2.24) is 10.9 Å². The highest BCUT2D eigenvalue weighted by Gasteiger charge is 2.35. The average Bonchev–Trinajstić information content (AvgIpc) is 3.08. The summed E-state index contributed by atoms with van der Waals surface area (Å²) in [5.74, 6) is -1.25. The Morgan fingerprint density at radius 3 is 2.52 bits per heavy atom. The smallest absolute Gasteiger partial charge is 0.273 e. The fraction of sp³-hybridized carbons (Fsp3) is 0.211. The molecule has 0 saturated carbocycles. The van der Waals surface area contributed by atoms with Gasteiger partial charge < -0.3 is 9.64 Å². The van der Waals surface area contributed by atoms with Crippen molar-refractivity contribution in [3.63, 3.8) is 0 Å². The Labute approximate surface area is 161 Å². The van der Waals surface area contributed by atoms with Crippen LogP contribution in [0.3, 0.4) is 0 Å². The van der Waals surface area contributed by atoms with Gasteiger partial charge >= 0.3 is 0 Å². The van der Waals surface area contributed by atoms with E-state index in [0.717, 1.165) is 0 Å². The predicted octanol–water partition coefficient (Wildman–Crippen LogP) is 2.16. The summed E-state index contributed by atoms with van der Waals surface area (Å²) in [5, 5.41) is 0.568. The van der Waals surface area contributed by atoms with E-state index in [0.29, 0.717) is 22.0 Å². The Morgan fingerprint density at radius 1 is 1.11 bits per heavy atom. The maximum Gasteiger partial charge on any atom is 0.273 e. The standard InChI is InChI=1S/C19H18ClN3O4/c1-27-16-5-3-2-4-15(16)19(26)22-21-18(25)12-10-17(24)23(11-12)14-8-6-13(20)7-9-14/h2-9,12H,10-11H2,1H3,(H,21,25)(H,22,26)/t12-/m1/s1. The first-order valence-corrected chi connectivity index (χ1v) is 8.66. The number of rotatable bonds is 4. The minimum atomic E-state index is -0.564. The van der Waals surface area contributed by atoms with Gasteiger partial charge in [-0.2, -0.15) is 0 Å². The number of nitrogens with one attached hydrogen (secondary N) is 2. The summed E-state index contributed by atoms with van der Waals surface area (Å²) in [6.07, 6.45) is 0.0684. The van der Waals surface area contributed by atoms with Crippen LogP contribution in [0.25, 0.3) is 0 Å². The first-order chi connectivity index (χ1) is 13.0. The fourth-order valence-corrected chi connectivity index (χ4v) is 3.00. The second kappa shape index (κ2) is 8.09. The number of carbonyl (C=O) groups excluding carboxylic acids is 3. The van der Waals surface area contributed by atoms with Crippen LogP contribution >= 0.6 is 11.6 Å². The summed E-state index contributed by atoms with van der Waals surface area (Å²) in [6, 6.07) is 13.5. The molecule has 1 aliphatic heterocycles. The highest BCUT2D eigenvalue weighted by Crippen LogP contribution is 2.26. The first kappa shape index (κ1) is 18.7. The molecule has 7 nitrogen and oxygen atoms in total. The molecule has 140 valence electrons. The van der Waals surface area contributed by atoms with Crippen molar-refractivity contribution in [2.45, 2.75) is 6.42 Å². The molecule has 0 aromatic heterocycles. The number of para-hydroxylation sites is 1.